The number of allylic oxidation sites excluding steroid dienone is 2. The first-order valence-electron chi connectivity index (χ1n) is 7.98. The van der Waals surface area contributed by atoms with Gasteiger partial charge in [0.2, 0.25) is 0 Å². The molecule has 2 aromatic rings. The van der Waals surface area contributed by atoms with Crippen molar-refractivity contribution in [2.45, 2.75) is 32.7 Å². The minimum atomic E-state index is 0.00759. The van der Waals surface area contributed by atoms with Gasteiger partial charge in [-0.1, -0.05) is 44.2 Å². The summed E-state index contributed by atoms with van der Waals surface area (Å²) in [7, 11) is 0. The van der Waals surface area contributed by atoms with Gasteiger partial charge in [-0.05, 0) is 35.1 Å². The van der Waals surface area contributed by atoms with Crippen molar-refractivity contribution >= 4 is 5.78 Å². The zero-order chi connectivity index (χ0) is 16.3. The van der Waals surface area contributed by atoms with Crippen LogP contribution in [0.15, 0.2) is 66.6 Å². The average molecular weight is 306 g/mol. The molecule has 0 bridgehead atoms. The molecule has 0 saturated carbocycles. The number of nitrogens with one attached hydrogen (secondary N) is 1. The Morgan fingerprint density at radius 3 is 2.30 bits per heavy atom. The number of nitrogens with zero attached hydrogens (tertiary/aromatic N) is 1. The van der Waals surface area contributed by atoms with Gasteiger partial charge in [-0.25, -0.2) is 0 Å². The van der Waals surface area contributed by atoms with Gasteiger partial charge in [0.05, 0.1) is 6.04 Å². The molecule has 1 atom stereocenters. The van der Waals surface area contributed by atoms with Crippen LogP contribution >= 0.6 is 0 Å². The van der Waals surface area contributed by atoms with Crippen LogP contribution in [-0.4, -0.2) is 10.8 Å². The Labute approximate surface area is 137 Å². The van der Waals surface area contributed by atoms with E-state index in [1.54, 1.807) is 18.5 Å². The van der Waals surface area contributed by atoms with Gasteiger partial charge >= 0.3 is 0 Å². The molecule has 118 valence electrons. The molecular weight excluding hydrogens is 284 g/mol. The molecule has 0 saturated heterocycles. The van der Waals surface area contributed by atoms with E-state index < -0.39 is 0 Å². The van der Waals surface area contributed by atoms with E-state index in [1.807, 2.05) is 30.3 Å². The molecule has 1 aliphatic rings. The van der Waals surface area contributed by atoms with E-state index in [0.717, 1.165) is 17.7 Å². The summed E-state index contributed by atoms with van der Waals surface area (Å²) in [4.78, 5) is 16.1. The number of benzene rings is 1. The predicted molar refractivity (Wildman–Crippen MR) is 91.8 cm³/mol. The number of ketones is 1. The molecule has 1 heterocycles. The fourth-order valence-electron chi connectivity index (χ4n) is 3.18. The third kappa shape index (κ3) is 3.86. The fourth-order valence-corrected chi connectivity index (χ4v) is 3.18. The lowest BCUT2D eigenvalue weighted by molar-refractivity contribution is -0.117. The van der Waals surface area contributed by atoms with Crippen LogP contribution in [0, 0.1) is 5.41 Å². The zero-order valence-electron chi connectivity index (χ0n) is 13.6. The Hall–Kier alpha value is -2.42. The first-order chi connectivity index (χ1) is 11.0. The molecule has 0 amide bonds. The molecule has 1 unspecified atom stereocenters. The highest BCUT2D eigenvalue weighted by atomic mass is 16.1. The molecule has 3 rings (SSSR count). The van der Waals surface area contributed by atoms with E-state index in [1.165, 1.54) is 5.56 Å². The first kappa shape index (κ1) is 15.5. The van der Waals surface area contributed by atoms with Crippen LogP contribution in [-0.2, 0) is 4.79 Å². The molecule has 1 aromatic carbocycles. The van der Waals surface area contributed by atoms with Gasteiger partial charge in [0, 0.05) is 30.6 Å². The van der Waals surface area contributed by atoms with Crippen LogP contribution in [0.25, 0.3) is 0 Å². The number of carbonyl (C=O) groups is 1. The lowest BCUT2D eigenvalue weighted by atomic mass is 9.78. The highest BCUT2D eigenvalue weighted by Crippen LogP contribution is 2.34. The maximum Gasteiger partial charge on any atom is 0.157 e. The van der Waals surface area contributed by atoms with E-state index in [2.05, 4.69) is 36.3 Å². The third-order valence-electron chi connectivity index (χ3n) is 4.16. The number of pyridine rings is 1. The molecule has 0 spiro atoms. The Bertz CT molecular complexity index is 665. The van der Waals surface area contributed by atoms with Crippen molar-refractivity contribution in [2.75, 3.05) is 0 Å². The summed E-state index contributed by atoms with van der Waals surface area (Å²) in [6, 6.07) is 14.3. The first-order valence-corrected chi connectivity index (χ1v) is 7.98. The largest absolute Gasteiger partial charge is 0.377 e. The zero-order valence-corrected chi connectivity index (χ0v) is 13.6. The fraction of sp³-hybridized carbons (Fsp3) is 0.300. The van der Waals surface area contributed by atoms with Crippen molar-refractivity contribution in [3.63, 3.8) is 0 Å². The third-order valence-corrected chi connectivity index (χ3v) is 4.16. The number of rotatable bonds is 4. The van der Waals surface area contributed by atoms with Gasteiger partial charge < -0.3 is 5.32 Å². The maximum atomic E-state index is 12.0. The number of hydrogen-bond acceptors (Lipinski definition) is 3. The normalized spacial score (nSPS) is 18.2. The van der Waals surface area contributed by atoms with Gasteiger partial charge in [0.1, 0.15) is 0 Å². The molecule has 3 heteroatoms. The van der Waals surface area contributed by atoms with E-state index >= 15 is 0 Å². The lowest BCUT2D eigenvalue weighted by Crippen LogP contribution is -2.30. The van der Waals surface area contributed by atoms with Gasteiger partial charge in [-0.15, -0.1) is 0 Å². The molecule has 0 fully saturated rings. The summed E-state index contributed by atoms with van der Waals surface area (Å²) in [6.45, 7) is 4.28. The second kappa shape index (κ2) is 6.37. The van der Waals surface area contributed by atoms with E-state index in [9.17, 15) is 4.79 Å². The minimum absolute atomic E-state index is 0.00759. The smallest absolute Gasteiger partial charge is 0.157 e. The predicted octanol–water partition coefficient (Wildman–Crippen LogP) is 4.03. The minimum Gasteiger partial charge on any atom is -0.377 e. The van der Waals surface area contributed by atoms with Crippen LogP contribution in [0.4, 0.5) is 0 Å². The summed E-state index contributed by atoms with van der Waals surface area (Å²) in [5.41, 5.74) is 3.34. The number of aromatic nitrogens is 1. The number of hydrogen-bond donors (Lipinski definition) is 1. The summed E-state index contributed by atoms with van der Waals surface area (Å²) >= 11 is 0. The van der Waals surface area contributed by atoms with Crippen molar-refractivity contribution in [2.24, 2.45) is 5.41 Å². The molecule has 1 aromatic heterocycles. The van der Waals surface area contributed by atoms with Gasteiger partial charge in [-0.3, -0.25) is 9.78 Å². The Kier molecular flexibility index (Phi) is 4.28. The van der Waals surface area contributed by atoms with Crippen molar-refractivity contribution in [3.8, 4) is 0 Å². The lowest BCUT2D eigenvalue weighted by Gasteiger charge is -2.32. The standard InChI is InChI=1S/C20H22N2O/c1-20(2)13-17(12-18(23)14-20)22-19(15-6-4-3-5-7-15)16-8-10-21-11-9-16/h3-12,19,22H,13-14H2,1-2H3. The Morgan fingerprint density at radius 2 is 1.65 bits per heavy atom. The van der Waals surface area contributed by atoms with Crippen molar-refractivity contribution < 1.29 is 4.79 Å². The van der Waals surface area contributed by atoms with Gasteiger partial charge in [0.15, 0.2) is 5.78 Å². The monoisotopic (exact) mass is 306 g/mol. The Balaban J connectivity index is 1.93. The van der Waals surface area contributed by atoms with Crippen LogP contribution < -0.4 is 5.32 Å². The van der Waals surface area contributed by atoms with Crippen molar-refractivity contribution in [3.05, 3.63) is 77.8 Å². The summed E-state index contributed by atoms with van der Waals surface area (Å²) in [5, 5.41) is 3.59. The molecule has 23 heavy (non-hydrogen) atoms. The summed E-state index contributed by atoms with van der Waals surface area (Å²) in [5.74, 6) is 0.199. The summed E-state index contributed by atoms with van der Waals surface area (Å²) < 4.78 is 0. The van der Waals surface area contributed by atoms with E-state index in [4.69, 9.17) is 0 Å². The number of carbonyl (C=O) groups excluding carboxylic acids is 1. The molecule has 0 radical (unpaired) electrons. The average Bonchev–Trinajstić information content (AvgIpc) is 2.52. The topological polar surface area (TPSA) is 42.0 Å². The second-order valence-corrected chi connectivity index (χ2v) is 6.92. The second-order valence-electron chi connectivity index (χ2n) is 6.92. The van der Waals surface area contributed by atoms with Crippen molar-refractivity contribution in [1.29, 1.82) is 0 Å². The molecular formula is C20H22N2O. The van der Waals surface area contributed by atoms with Crippen LogP contribution in [0.3, 0.4) is 0 Å². The Morgan fingerprint density at radius 1 is 1.00 bits per heavy atom. The molecule has 3 nitrogen and oxygen atoms in total. The van der Waals surface area contributed by atoms with Gasteiger partial charge in [0.25, 0.3) is 0 Å². The van der Waals surface area contributed by atoms with Crippen LogP contribution in [0.2, 0.25) is 0 Å². The van der Waals surface area contributed by atoms with Gasteiger partial charge in [-0.2, -0.15) is 0 Å². The van der Waals surface area contributed by atoms with E-state index in [-0.39, 0.29) is 17.2 Å². The maximum absolute atomic E-state index is 12.0. The quantitative estimate of drug-likeness (QED) is 0.927. The van der Waals surface area contributed by atoms with Crippen LogP contribution in [0.5, 0.6) is 0 Å². The highest BCUT2D eigenvalue weighted by molar-refractivity contribution is 5.91. The summed E-state index contributed by atoms with van der Waals surface area (Å²) in [6.07, 6.45) is 6.87. The van der Waals surface area contributed by atoms with E-state index in [0.29, 0.717) is 6.42 Å². The SMILES string of the molecule is CC1(C)CC(=O)C=C(NC(c2ccccc2)c2ccncc2)C1. The molecule has 0 aliphatic heterocycles. The molecule has 1 aliphatic carbocycles. The van der Waals surface area contributed by atoms with Crippen molar-refractivity contribution in [1.82, 2.24) is 10.3 Å². The molecule has 1 N–H and O–H groups in total. The van der Waals surface area contributed by atoms with Crippen LogP contribution in [0.1, 0.15) is 43.9 Å². The highest BCUT2D eigenvalue weighted by Gasteiger charge is 2.28.